The van der Waals surface area contributed by atoms with Gasteiger partial charge in [0, 0.05) is 12.1 Å². The topological polar surface area (TPSA) is 118 Å². The molecule has 21 heavy (non-hydrogen) atoms. The SMILES string of the molecule is Cc1cc(C(=O)N2CCCC2C(=O)O)ccc1S(N)(=O)=O. The van der Waals surface area contributed by atoms with Gasteiger partial charge in [-0.2, -0.15) is 0 Å². The molecule has 0 aromatic heterocycles. The average molecular weight is 312 g/mol. The molecule has 1 unspecified atom stereocenters. The molecule has 3 N–H and O–H groups in total. The molecule has 0 radical (unpaired) electrons. The van der Waals surface area contributed by atoms with Crippen molar-refractivity contribution in [3.63, 3.8) is 0 Å². The molecule has 2 rings (SSSR count). The van der Waals surface area contributed by atoms with Crippen LogP contribution in [-0.2, 0) is 14.8 Å². The van der Waals surface area contributed by atoms with Gasteiger partial charge in [-0.05, 0) is 43.5 Å². The first kappa shape index (κ1) is 15.5. The van der Waals surface area contributed by atoms with Crippen molar-refractivity contribution < 1.29 is 23.1 Å². The number of nitrogens with two attached hydrogens (primary N) is 1. The van der Waals surface area contributed by atoms with Gasteiger partial charge in [0.25, 0.3) is 5.91 Å². The summed E-state index contributed by atoms with van der Waals surface area (Å²) in [4.78, 5) is 24.7. The van der Waals surface area contributed by atoms with Crippen molar-refractivity contribution in [3.05, 3.63) is 29.3 Å². The number of carbonyl (C=O) groups is 2. The quantitative estimate of drug-likeness (QED) is 0.834. The number of hydrogen-bond donors (Lipinski definition) is 2. The second-order valence-electron chi connectivity index (χ2n) is 5.02. The van der Waals surface area contributed by atoms with E-state index in [0.29, 0.717) is 24.9 Å². The van der Waals surface area contributed by atoms with E-state index in [-0.39, 0.29) is 10.5 Å². The van der Waals surface area contributed by atoms with Crippen LogP contribution in [0.25, 0.3) is 0 Å². The molecule has 7 nitrogen and oxygen atoms in total. The summed E-state index contributed by atoms with van der Waals surface area (Å²) in [6, 6.07) is 3.21. The molecular weight excluding hydrogens is 296 g/mol. The monoisotopic (exact) mass is 312 g/mol. The van der Waals surface area contributed by atoms with Crippen LogP contribution in [0.1, 0.15) is 28.8 Å². The molecule has 1 aromatic carbocycles. The zero-order valence-electron chi connectivity index (χ0n) is 11.4. The van der Waals surface area contributed by atoms with Gasteiger partial charge in [-0.3, -0.25) is 4.79 Å². The first-order valence-corrected chi connectivity index (χ1v) is 7.93. The normalized spacial score (nSPS) is 18.8. The van der Waals surface area contributed by atoms with Gasteiger partial charge in [0.2, 0.25) is 10.0 Å². The van der Waals surface area contributed by atoms with Crippen LogP contribution in [-0.4, -0.2) is 42.9 Å². The van der Waals surface area contributed by atoms with E-state index in [0.717, 1.165) is 0 Å². The highest BCUT2D eigenvalue weighted by Gasteiger charge is 2.34. The fraction of sp³-hybridized carbons (Fsp3) is 0.385. The largest absolute Gasteiger partial charge is 0.480 e. The van der Waals surface area contributed by atoms with Gasteiger partial charge < -0.3 is 10.0 Å². The number of primary sulfonamides is 1. The molecule has 8 heteroatoms. The predicted octanol–water partition coefficient (Wildman–Crippen LogP) is 0.332. The third kappa shape index (κ3) is 3.06. The number of benzene rings is 1. The number of carboxylic acid groups (broad SMARTS) is 1. The van der Waals surface area contributed by atoms with E-state index in [4.69, 9.17) is 10.2 Å². The van der Waals surface area contributed by atoms with Crippen molar-refractivity contribution in [2.45, 2.75) is 30.7 Å². The summed E-state index contributed by atoms with van der Waals surface area (Å²) in [7, 11) is -3.84. The lowest BCUT2D eigenvalue weighted by atomic mass is 10.1. The van der Waals surface area contributed by atoms with Crippen LogP contribution in [0.5, 0.6) is 0 Å². The predicted molar refractivity (Wildman–Crippen MR) is 74.2 cm³/mol. The molecule has 1 saturated heterocycles. The van der Waals surface area contributed by atoms with E-state index in [9.17, 15) is 18.0 Å². The van der Waals surface area contributed by atoms with E-state index in [2.05, 4.69) is 0 Å². The molecule has 0 bridgehead atoms. The molecule has 1 heterocycles. The fourth-order valence-electron chi connectivity index (χ4n) is 2.53. The molecule has 1 aliphatic heterocycles. The molecule has 1 aromatic rings. The lowest BCUT2D eigenvalue weighted by Gasteiger charge is -2.21. The van der Waals surface area contributed by atoms with Crippen LogP contribution >= 0.6 is 0 Å². The Hall–Kier alpha value is -1.93. The third-order valence-electron chi connectivity index (χ3n) is 3.53. The van der Waals surface area contributed by atoms with Crippen molar-refractivity contribution in [1.29, 1.82) is 0 Å². The first-order valence-electron chi connectivity index (χ1n) is 6.39. The smallest absolute Gasteiger partial charge is 0.326 e. The van der Waals surface area contributed by atoms with Crippen LogP contribution < -0.4 is 5.14 Å². The molecule has 1 aliphatic rings. The minimum atomic E-state index is -3.84. The maximum absolute atomic E-state index is 12.4. The number of likely N-dealkylation sites (tertiary alicyclic amines) is 1. The van der Waals surface area contributed by atoms with E-state index in [1.807, 2.05) is 0 Å². The standard InChI is InChI=1S/C13H16N2O5S/c1-8-7-9(4-5-11(8)21(14,19)20)12(16)15-6-2-3-10(15)13(17)18/h4-5,7,10H,2-3,6H2,1H3,(H,17,18)(H2,14,19,20). The minimum absolute atomic E-state index is 0.0461. The number of nitrogens with zero attached hydrogens (tertiary/aromatic N) is 1. The zero-order chi connectivity index (χ0) is 15.8. The van der Waals surface area contributed by atoms with Crippen molar-refractivity contribution in [3.8, 4) is 0 Å². The Morgan fingerprint density at radius 1 is 1.38 bits per heavy atom. The summed E-state index contributed by atoms with van der Waals surface area (Å²) in [5, 5.41) is 14.2. The molecule has 1 amide bonds. The van der Waals surface area contributed by atoms with Gasteiger partial charge in [0.15, 0.2) is 0 Å². The van der Waals surface area contributed by atoms with Gasteiger partial charge in [-0.25, -0.2) is 18.4 Å². The lowest BCUT2D eigenvalue weighted by Crippen LogP contribution is -2.40. The number of carboxylic acids is 1. The molecule has 114 valence electrons. The molecular formula is C13H16N2O5S. The highest BCUT2D eigenvalue weighted by Crippen LogP contribution is 2.22. The van der Waals surface area contributed by atoms with E-state index in [1.54, 1.807) is 0 Å². The van der Waals surface area contributed by atoms with Crippen LogP contribution in [0, 0.1) is 6.92 Å². The zero-order valence-corrected chi connectivity index (χ0v) is 12.3. The summed E-state index contributed by atoms with van der Waals surface area (Å²) in [5.74, 6) is -1.44. The molecule has 1 fully saturated rings. The lowest BCUT2D eigenvalue weighted by molar-refractivity contribution is -0.141. The van der Waals surface area contributed by atoms with Crippen molar-refractivity contribution in [1.82, 2.24) is 4.90 Å². The Balaban J connectivity index is 2.33. The van der Waals surface area contributed by atoms with E-state index < -0.39 is 27.9 Å². The summed E-state index contributed by atoms with van der Waals surface area (Å²) >= 11 is 0. The van der Waals surface area contributed by atoms with Gasteiger partial charge in [0.1, 0.15) is 6.04 Å². The number of amides is 1. The summed E-state index contributed by atoms with van der Waals surface area (Å²) in [6.45, 7) is 1.92. The Bertz CT molecular complexity index is 699. The number of hydrogen-bond acceptors (Lipinski definition) is 4. The van der Waals surface area contributed by atoms with Crippen LogP contribution in [0.4, 0.5) is 0 Å². The second-order valence-corrected chi connectivity index (χ2v) is 6.55. The van der Waals surface area contributed by atoms with Gasteiger partial charge >= 0.3 is 5.97 Å². The fourth-order valence-corrected chi connectivity index (χ4v) is 3.30. The van der Waals surface area contributed by atoms with Crippen molar-refractivity contribution in [2.75, 3.05) is 6.54 Å². The molecule has 1 atom stereocenters. The average Bonchev–Trinajstić information content (AvgIpc) is 2.85. The van der Waals surface area contributed by atoms with Crippen LogP contribution in [0.2, 0.25) is 0 Å². The number of rotatable bonds is 3. The highest BCUT2D eigenvalue weighted by atomic mass is 32.2. The highest BCUT2D eigenvalue weighted by molar-refractivity contribution is 7.89. The van der Waals surface area contributed by atoms with Crippen LogP contribution in [0.3, 0.4) is 0 Å². The Morgan fingerprint density at radius 2 is 2.05 bits per heavy atom. The maximum Gasteiger partial charge on any atom is 0.326 e. The van der Waals surface area contributed by atoms with Crippen molar-refractivity contribution >= 4 is 21.9 Å². The summed E-state index contributed by atoms with van der Waals surface area (Å²) in [6.07, 6.45) is 1.06. The maximum atomic E-state index is 12.4. The minimum Gasteiger partial charge on any atom is -0.480 e. The molecule has 0 aliphatic carbocycles. The number of sulfonamides is 1. The Labute approximate surface area is 122 Å². The third-order valence-corrected chi connectivity index (χ3v) is 4.60. The van der Waals surface area contributed by atoms with E-state index >= 15 is 0 Å². The van der Waals surface area contributed by atoms with Gasteiger partial charge in [0.05, 0.1) is 4.90 Å². The van der Waals surface area contributed by atoms with Gasteiger partial charge in [-0.15, -0.1) is 0 Å². The molecule has 0 spiro atoms. The van der Waals surface area contributed by atoms with Crippen LogP contribution in [0.15, 0.2) is 23.1 Å². The second kappa shape index (κ2) is 5.45. The van der Waals surface area contributed by atoms with Crippen molar-refractivity contribution in [2.24, 2.45) is 5.14 Å². The molecule has 0 saturated carbocycles. The Morgan fingerprint density at radius 3 is 2.57 bits per heavy atom. The van der Waals surface area contributed by atoms with Gasteiger partial charge in [-0.1, -0.05) is 0 Å². The number of aryl methyl sites for hydroxylation is 1. The first-order chi connectivity index (χ1) is 9.71. The number of carbonyl (C=O) groups excluding carboxylic acids is 1. The van der Waals surface area contributed by atoms with E-state index in [1.165, 1.54) is 30.0 Å². The Kier molecular flexibility index (Phi) is 4.02. The summed E-state index contributed by atoms with van der Waals surface area (Å²) in [5.41, 5.74) is 0.613. The summed E-state index contributed by atoms with van der Waals surface area (Å²) < 4.78 is 22.7. The number of aliphatic carboxylic acids is 1.